The van der Waals surface area contributed by atoms with E-state index in [0.717, 1.165) is 37.8 Å². The molecule has 0 saturated carbocycles. The van der Waals surface area contributed by atoms with Crippen molar-refractivity contribution in [1.82, 2.24) is 0 Å². The van der Waals surface area contributed by atoms with Crippen molar-refractivity contribution in [3.05, 3.63) is 0 Å². The van der Waals surface area contributed by atoms with E-state index in [-0.39, 0.29) is 0 Å². The summed E-state index contributed by atoms with van der Waals surface area (Å²) in [6, 6.07) is 0. The minimum absolute atomic E-state index is 0.556. The number of hydrogen-bond acceptors (Lipinski definition) is 6. The van der Waals surface area contributed by atoms with Crippen molar-refractivity contribution in [2.24, 2.45) is 15.1 Å². The molecule has 0 bridgehead atoms. The Bertz CT molecular complexity index is 282. The first-order chi connectivity index (χ1) is 8.72. The molecule has 0 aliphatic rings. The summed E-state index contributed by atoms with van der Waals surface area (Å²) in [4.78, 5) is 26.1. The number of nitrogens with zero attached hydrogens (tertiary/aromatic N) is 3. The first-order valence-corrected chi connectivity index (χ1v) is 5.97. The van der Waals surface area contributed by atoms with Gasteiger partial charge in [-0.1, -0.05) is 24.9 Å². The zero-order valence-electron chi connectivity index (χ0n) is 11.1. The van der Waals surface area contributed by atoms with E-state index in [1.54, 1.807) is 6.92 Å². The van der Waals surface area contributed by atoms with Gasteiger partial charge in [-0.15, -0.1) is 0 Å². The second kappa shape index (κ2) is 17.6. The van der Waals surface area contributed by atoms with Gasteiger partial charge in [-0.25, -0.2) is 19.6 Å². The second-order valence-corrected chi connectivity index (χ2v) is 3.55. The smallest absolute Gasteiger partial charge is 0.234 e. The van der Waals surface area contributed by atoms with E-state index in [9.17, 15) is 9.59 Å². The molecule has 0 aromatic heterocycles. The average Bonchev–Trinajstić information content (AvgIpc) is 2.41. The summed E-state index contributed by atoms with van der Waals surface area (Å²) in [6.45, 7) is 4.83. The number of aliphatic imine (C=N–C) groups is 2. The highest BCUT2D eigenvalue weighted by atomic mass is 16.4. The highest BCUT2D eigenvalue weighted by molar-refractivity contribution is 5.80. The number of carbonyl (C=O) groups excluding carboxylic acids is 2. The van der Waals surface area contributed by atoms with Crippen LogP contribution in [0.25, 0.3) is 0 Å². The SMILES string of the molecule is CCC(C)=NO.O=C=NCCCCCCN=C=O. The zero-order chi connectivity index (χ0) is 14.1. The highest BCUT2D eigenvalue weighted by Gasteiger charge is 1.87. The maximum atomic E-state index is 9.63. The molecule has 0 amide bonds. The molecule has 0 rings (SSSR count). The van der Waals surface area contributed by atoms with Gasteiger partial charge in [-0.05, 0) is 26.2 Å². The first kappa shape index (κ1) is 18.6. The van der Waals surface area contributed by atoms with E-state index in [0.29, 0.717) is 13.1 Å². The Kier molecular flexibility index (Phi) is 18.2. The van der Waals surface area contributed by atoms with E-state index >= 15 is 0 Å². The van der Waals surface area contributed by atoms with Crippen LogP contribution < -0.4 is 0 Å². The Balaban J connectivity index is 0. The standard InChI is InChI=1S/C8H12N2O2.C4H9NO/c11-7-9-5-3-1-2-4-6-10-8-12;1-3-4(2)5-6/h1-6H2;6H,3H2,1-2H3. The van der Waals surface area contributed by atoms with Crippen molar-refractivity contribution in [2.75, 3.05) is 13.1 Å². The monoisotopic (exact) mass is 255 g/mol. The first-order valence-electron chi connectivity index (χ1n) is 5.97. The molecule has 0 spiro atoms. The molecule has 0 aromatic carbocycles. The van der Waals surface area contributed by atoms with E-state index in [2.05, 4.69) is 15.1 Å². The zero-order valence-corrected chi connectivity index (χ0v) is 11.1. The largest absolute Gasteiger partial charge is 0.411 e. The van der Waals surface area contributed by atoms with E-state index in [1.807, 2.05) is 6.92 Å². The van der Waals surface area contributed by atoms with Crippen LogP contribution in [0.5, 0.6) is 0 Å². The van der Waals surface area contributed by atoms with Crippen molar-refractivity contribution >= 4 is 17.9 Å². The Morgan fingerprint density at radius 1 is 1.00 bits per heavy atom. The molecule has 6 heteroatoms. The van der Waals surface area contributed by atoms with Crippen molar-refractivity contribution in [1.29, 1.82) is 0 Å². The summed E-state index contributed by atoms with van der Waals surface area (Å²) < 4.78 is 0. The molecule has 0 unspecified atom stereocenters. The molecule has 6 nitrogen and oxygen atoms in total. The average molecular weight is 255 g/mol. The molecule has 0 atom stereocenters. The molecule has 102 valence electrons. The third kappa shape index (κ3) is 19.7. The number of unbranched alkanes of at least 4 members (excludes halogenated alkanes) is 3. The quantitative estimate of drug-likeness (QED) is 0.237. The van der Waals surface area contributed by atoms with Crippen LogP contribution in [0.1, 0.15) is 46.0 Å². The molecule has 0 fully saturated rings. The normalized spacial score (nSPS) is 9.56. The van der Waals surface area contributed by atoms with Crippen LogP contribution in [-0.2, 0) is 9.59 Å². The van der Waals surface area contributed by atoms with Crippen LogP contribution in [0, 0.1) is 0 Å². The van der Waals surface area contributed by atoms with Crippen molar-refractivity contribution < 1.29 is 14.8 Å². The van der Waals surface area contributed by atoms with Crippen molar-refractivity contribution in [2.45, 2.75) is 46.0 Å². The predicted molar refractivity (Wildman–Crippen MR) is 69.6 cm³/mol. The fraction of sp³-hybridized carbons (Fsp3) is 0.750. The van der Waals surface area contributed by atoms with Crippen LogP contribution in [0.4, 0.5) is 0 Å². The lowest BCUT2D eigenvalue weighted by atomic mass is 10.2. The molecule has 18 heavy (non-hydrogen) atoms. The van der Waals surface area contributed by atoms with Crippen LogP contribution in [0.3, 0.4) is 0 Å². The van der Waals surface area contributed by atoms with Gasteiger partial charge < -0.3 is 5.21 Å². The Labute approximate surface area is 108 Å². The Morgan fingerprint density at radius 2 is 1.44 bits per heavy atom. The molecule has 0 aliphatic carbocycles. The molecule has 0 aromatic rings. The minimum Gasteiger partial charge on any atom is -0.411 e. The lowest BCUT2D eigenvalue weighted by Gasteiger charge is -1.93. The summed E-state index contributed by atoms with van der Waals surface area (Å²) in [5.41, 5.74) is 0.773. The van der Waals surface area contributed by atoms with Gasteiger partial charge in [0.2, 0.25) is 12.2 Å². The number of isocyanates is 2. The molecule has 0 saturated heterocycles. The van der Waals surface area contributed by atoms with Crippen molar-refractivity contribution in [3.8, 4) is 0 Å². The molecule has 0 aliphatic heterocycles. The lowest BCUT2D eigenvalue weighted by Crippen LogP contribution is -1.84. The van der Waals surface area contributed by atoms with Crippen LogP contribution >= 0.6 is 0 Å². The number of oxime groups is 1. The molecule has 1 N–H and O–H groups in total. The number of hydrogen-bond donors (Lipinski definition) is 1. The number of rotatable bonds is 8. The van der Waals surface area contributed by atoms with E-state index in [1.165, 1.54) is 12.2 Å². The maximum Gasteiger partial charge on any atom is 0.234 e. The van der Waals surface area contributed by atoms with Gasteiger partial charge in [0.1, 0.15) is 0 Å². The maximum absolute atomic E-state index is 9.63. The summed E-state index contributed by atoms with van der Waals surface area (Å²) in [5.74, 6) is 0. The molecular weight excluding hydrogens is 234 g/mol. The van der Waals surface area contributed by atoms with E-state index in [4.69, 9.17) is 5.21 Å². The van der Waals surface area contributed by atoms with Gasteiger partial charge in [0, 0.05) is 0 Å². The fourth-order valence-electron chi connectivity index (χ4n) is 0.897. The Morgan fingerprint density at radius 3 is 1.67 bits per heavy atom. The Hall–Kier alpha value is -1.77. The van der Waals surface area contributed by atoms with Gasteiger partial charge in [0.05, 0.1) is 18.8 Å². The predicted octanol–water partition coefficient (Wildman–Crippen LogP) is 2.46. The van der Waals surface area contributed by atoms with Crippen molar-refractivity contribution in [3.63, 3.8) is 0 Å². The highest BCUT2D eigenvalue weighted by Crippen LogP contribution is 1.99. The van der Waals surface area contributed by atoms with Gasteiger partial charge in [0.25, 0.3) is 0 Å². The van der Waals surface area contributed by atoms with Gasteiger partial charge in [-0.3, -0.25) is 0 Å². The minimum atomic E-state index is 0.556. The van der Waals surface area contributed by atoms with Gasteiger partial charge in [-0.2, -0.15) is 0 Å². The summed E-state index contributed by atoms with van der Waals surface area (Å²) in [5, 5.41) is 10.8. The molecule has 0 heterocycles. The van der Waals surface area contributed by atoms with E-state index < -0.39 is 0 Å². The van der Waals surface area contributed by atoms with Gasteiger partial charge in [0.15, 0.2) is 0 Å². The fourth-order valence-corrected chi connectivity index (χ4v) is 0.897. The third-order valence-corrected chi connectivity index (χ3v) is 2.10. The van der Waals surface area contributed by atoms with Gasteiger partial charge >= 0.3 is 0 Å². The summed E-state index contributed by atoms with van der Waals surface area (Å²) in [7, 11) is 0. The lowest BCUT2D eigenvalue weighted by molar-refractivity contribution is 0.317. The third-order valence-electron chi connectivity index (χ3n) is 2.10. The van der Waals surface area contributed by atoms with Crippen LogP contribution in [0.2, 0.25) is 0 Å². The molecular formula is C12H21N3O3. The molecule has 0 radical (unpaired) electrons. The van der Waals surface area contributed by atoms with Crippen LogP contribution in [-0.4, -0.2) is 36.2 Å². The topological polar surface area (TPSA) is 91.4 Å². The summed E-state index contributed by atoms with van der Waals surface area (Å²) in [6.07, 6.45) is 7.63. The van der Waals surface area contributed by atoms with Crippen LogP contribution in [0.15, 0.2) is 15.1 Å². The summed E-state index contributed by atoms with van der Waals surface area (Å²) >= 11 is 0. The second-order valence-electron chi connectivity index (χ2n) is 3.55.